The molecule has 0 N–H and O–H groups in total. The van der Waals surface area contributed by atoms with Crippen LogP contribution in [-0.2, 0) is 9.53 Å². The van der Waals surface area contributed by atoms with Gasteiger partial charge in [-0.25, -0.2) is 4.79 Å². The highest BCUT2D eigenvalue weighted by Gasteiger charge is 2.18. The van der Waals surface area contributed by atoms with Crippen LogP contribution in [0, 0.1) is 10.1 Å². The highest BCUT2D eigenvalue weighted by atomic mass is 16.6. The van der Waals surface area contributed by atoms with Crippen molar-refractivity contribution in [1.82, 2.24) is 10.2 Å². The second-order valence-corrected chi connectivity index (χ2v) is 6.13. The highest BCUT2D eigenvalue weighted by Crippen LogP contribution is 2.25. The van der Waals surface area contributed by atoms with E-state index in [2.05, 4.69) is 10.2 Å². The van der Waals surface area contributed by atoms with Gasteiger partial charge in [0.2, 0.25) is 5.89 Å². The van der Waals surface area contributed by atoms with E-state index in [1.165, 1.54) is 30.3 Å². The molecule has 0 fully saturated rings. The van der Waals surface area contributed by atoms with Gasteiger partial charge in [-0.1, -0.05) is 18.2 Å². The molecule has 0 saturated carbocycles. The first kappa shape index (κ1) is 20.7. The van der Waals surface area contributed by atoms with Crippen LogP contribution < -0.4 is 4.74 Å². The molecule has 2 aromatic carbocycles. The van der Waals surface area contributed by atoms with Crippen molar-refractivity contribution in [3.05, 3.63) is 76.2 Å². The standard InChI is InChI=1S/C21H19N3O6/c1-3-28-18-7-5-4-6-15(18)10-13-19(25)29-14(2)20-22-23-21(30-20)16-8-11-17(12-9-16)24(26)27/h4-14H,3H2,1-2H3/b13-10+/t14-/m0/s1. The molecule has 1 atom stereocenters. The first-order chi connectivity index (χ1) is 14.5. The van der Waals surface area contributed by atoms with Crippen LogP contribution >= 0.6 is 0 Å². The quantitative estimate of drug-likeness (QED) is 0.233. The van der Waals surface area contributed by atoms with Gasteiger partial charge in [0.15, 0.2) is 6.10 Å². The fourth-order valence-corrected chi connectivity index (χ4v) is 2.57. The Morgan fingerprint density at radius 3 is 2.63 bits per heavy atom. The Bertz CT molecular complexity index is 1060. The van der Waals surface area contributed by atoms with Crippen molar-refractivity contribution in [3.8, 4) is 17.2 Å². The van der Waals surface area contributed by atoms with Crippen molar-refractivity contribution in [2.75, 3.05) is 6.61 Å². The summed E-state index contributed by atoms with van der Waals surface area (Å²) in [6.45, 7) is 4.00. The summed E-state index contributed by atoms with van der Waals surface area (Å²) < 4.78 is 16.3. The van der Waals surface area contributed by atoms with E-state index in [0.717, 1.165) is 5.56 Å². The third-order valence-corrected chi connectivity index (χ3v) is 4.02. The molecule has 1 heterocycles. The van der Waals surface area contributed by atoms with Gasteiger partial charge in [-0.05, 0) is 38.1 Å². The monoisotopic (exact) mass is 409 g/mol. The SMILES string of the molecule is CCOc1ccccc1/C=C/C(=O)O[C@@H](C)c1nnc(-c2ccc([N+](=O)[O-])cc2)o1. The Morgan fingerprint density at radius 1 is 1.20 bits per heavy atom. The van der Waals surface area contributed by atoms with Crippen molar-refractivity contribution in [2.45, 2.75) is 20.0 Å². The predicted molar refractivity (Wildman–Crippen MR) is 108 cm³/mol. The topological polar surface area (TPSA) is 118 Å². The van der Waals surface area contributed by atoms with Crippen molar-refractivity contribution in [1.29, 1.82) is 0 Å². The normalized spacial score (nSPS) is 11.9. The number of benzene rings is 2. The zero-order valence-electron chi connectivity index (χ0n) is 16.3. The minimum absolute atomic E-state index is 0.0431. The van der Waals surface area contributed by atoms with Crippen molar-refractivity contribution < 1.29 is 23.6 Å². The number of rotatable bonds is 8. The van der Waals surface area contributed by atoms with Gasteiger partial charge in [-0.3, -0.25) is 10.1 Å². The van der Waals surface area contributed by atoms with Crippen LogP contribution in [-0.4, -0.2) is 27.7 Å². The summed E-state index contributed by atoms with van der Waals surface area (Å²) in [4.78, 5) is 22.4. The second-order valence-electron chi connectivity index (χ2n) is 6.13. The van der Waals surface area contributed by atoms with Crippen LogP contribution in [0.5, 0.6) is 5.75 Å². The number of non-ortho nitro benzene ring substituents is 1. The largest absolute Gasteiger partial charge is 0.493 e. The molecule has 3 aromatic rings. The first-order valence-corrected chi connectivity index (χ1v) is 9.16. The number of carbonyl (C=O) groups is 1. The summed E-state index contributed by atoms with van der Waals surface area (Å²) in [5.41, 5.74) is 1.23. The van der Waals surface area contributed by atoms with E-state index in [1.807, 2.05) is 31.2 Å². The molecule has 1 aromatic heterocycles. The molecule has 30 heavy (non-hydrogen) atoms. The first-order valence-electron chi connectivity index (χ1n) is 9.16. The van der Waals surface area contributed by atoms with Gasteiger partial charge in [-0.2, -0.15) is 0 Å². The van der Waals surface area contributed by atoms with E-state index in [1.54, 1.807) is 13.0 Å². The number of para-hydroxylation sites is 1. The average molecular weight is 409 g/mol. The Morgan fingerprint density at radius 2 is 1.93 bits per heavy atom. The number of aromatic nitrogens is 2. The Hall–Kier alpha value is -4.01. The van der Waals surface area contributed by atoms with E-state index < -0.39 is 17.0 Å². The Balaban J connectivity index is 1.64. The maximum Gasteiger partial charge on any atom is 0.331 e. The number of nitrogens with zero attached hydrogens (tertiary/aromatic N) is 3. The molecule has 0 unspecified atom stereocenters. The van der Waals surface area contributed by atoms with Gasteiger partial charge in [0, 0.05) is 29.3 Å². The van der Waals surface area contributed by atoms with Crippen molar-refractivity contribution >= 4 is 17.7 Å². The molecule has 9 heteroatoms. The minimum atomic E-state index is -0.774. The van der Waals surface area contributed by atoms with Crippen LogP contribution in [0.4, 0.5) is 5.69 Å². The van der Waals surface area contributed by atoms with E-state index in [4.69, 9.17) is 13.9 Å². The maximum absolute atomic E-state index is 12.1. The number of hydrogen-bond acceptors (Lipinski definition) is 8. The number of nitro benzene ring substituents is 1. The summed E-state index contributed by atoms with van der Waals surface area (Å²) in [6, 6.07) is 13.0. The smallest absolute Gasteiger partial charge is 0.331 e. The van der Waals surface area contributed by atoms with Gasteiger partial charge in [-0.15, -0.1) is 10.2 Å². The third kappa shape index (κ3) is 5.07. The third-order valence-electron chi connectivity index (χ3n) is 4.02. The summed E-state index contributed by atoms with van der Waals surface area (Å²) in [5.74, 6) is 0.370. The molecule has 0 spiro atoms. The molecule has 154 valence electrons. The van der Waals surface area contributed by atoms with E-state index in [-0.39, 0.29) is 17.5 Å². The molecule has 0 amide bonds. The second kappa shape index (κ2) is 9.46. The Kier molecular flexibility index (Phi) is 6.53. The minimum Gasteiger partial charge on any atom is -0.493 e. The van der Waals surface area contributed by atoms with E-state index >= 15 is 0 Å². The van der Waals surface area contributed by atoms with Gasteiger partial charge in [0.1, 0.15) is 5.75 Å². The summed E-state index contributed by atoms with van der Waals surface area (Å²) in [6.07, 6.45) is 2.13. The van der Waals surface area contributed by atoms with Crippen LogP contribution in [0.2, 0.25) is 0 Å². The Labute approximate surface area is 172 Å². The van der Waals surface area contributed by atoms with Crippen molar-refractivity contribution in [3.63, 3.8) is 0 Å². The number of carbonyl (C=O) groups excluding carboxylic acids is 1. The lowest BCUT2D eigenvalue weighted by molar-refractivity contribution is -0.384. The lowest BCUT2D eigenvalue weighted by Crippen LogP contribution is -2.06. The van der Waals surface area contributed by atoms with Gasteiger partial charge in [0.25, 0.3) is 11.6 Å². The van der Waals surface area contributed by atoms with Crippen LogP contribution in [0.1, 0.15) is 31.4 Å². The molecule has 0 aliphatic rings. The van der Waals surface area contributed by atoms with Gasteiger partial charge in [0.05, 0.1) is 11.5 Å². The number of nitro groups is 1. The van der Waals surface area contributed by atoms with E-state index in [9.17, 15) is 14.9 Å². The summed E-state index contributed by atoms with van der Waals surface area (Å²) >= 11 is 0. The molecule has 0 bridgehead atoms. The van der Waals surface area contributed by atoms with Crippen LogP contribution in [0.3, 0.4) is 0 Å². The molecule has 3 rings (SSSR count). The zero-order valence-corrected chi connectivity index (χ0v) is 16.3. The van der Waals surface area contributed by atoms with Gasteiger partial charge < -0.3 is 13.9 Å². The summed E-state index contributed by atoms with van der Waals surface area (Å²) in [5, 5.41) is 18.5. The number of esters is 1. The molecule has 0 aliphatic heterocycles. The molecule has 0 radical (unpaired) electrons. The van der Waals surface area contributed by atoms with Crippen LogP contribution in [0.15, 0.2) is 59.0 Å². The van der Waals surface area contributed by atoms with Crippen molar-refractivity contribution in [2.24, 2.45) is 0 Å². The lowest BCUT2D eigenvalue weighted by Gasteiger charge is -2.08. The zero-order chi connectivity index (χ0) is 21.5. The van der Waals surface area contributed by atoms with E-state index in [0.29, 0.717) is 17.9 Å². The molecular weight excluding hydrogens is 390 g/mol. The maximum atomic E-state index is 12.1. The van der Waals surface area contributed by atoms with Crippen LogP contribution in [0.25, 0.3) is 17.5 Å². The molecule has 0 saturated heterocycles. The summed E-state index contributed by atoms with van der Waals surface area (Å²) in [7, 11) is 0. The lowest BCUT2D eigenvalue weighted by atomic mass is 10.2. The fraction of sp³-hybridized carbons (Fsp3) is 0.190. The number of hydrogen-bond donors (Lipinski definition) is 0. The fourth-order valence-electron chi connectivity index (χ4n) is 2.57. The average Bonchev–Trinajstić information content (AvgIpc) is 3.24. The number of ether oxygens (including phenoxy) is 2. The van der Waals surface area contributed by atoms with Gasteiger partial charge >= 0.3 is 5.97 Å². The molecule has 9 nitrogen and oxygen atoms in total. The highest BCUT2D eigenvalue weighted by molar-refractivity contribution is 5.87. The molecule has 0 aliphatic carbocycles. The predicted octanol–water partition coefficient (Wildman–Crippen LogP) is 4.36. The molecular formula is C21H19N3O6.